The summed E-state index contributed by atoms with van der Waals surface area (Å²) in [5, 5.41) is 8.69. The number of carboxylic acids is 1. The Morgan fingerprint density at radius 1 is 0.905 bits per heavy atom. The van der Waals surface area contributed by atoms with Crippen molar-refractivity contribution in [1.82, 2.24) is 0 Å². The second kappa shape index (κ2) is 7.87. The van der Waals surface area contributed by atoms with Crippen molar-refractivity contribution in [1.29, 1.82) is 0 Å². The van der Waals surface area contributed by atoms with E-state index in [9.17, 15) is 4.79 Å². The number of carbonyl (C=O) groups is 1. The topological polar surface area (TPSA) is 55.8 Å². The van der Waals surface area contributed by atoms with Crippen LogP contribution in [0.5, 0.6) is 11.5 Å². The monoisotopic (exact) mass is 398 g/mol. The van der Waals surface area contributed by atoms with E-state index < -0.39 is 5.97 Å². The van der Waals surface area contributed by atoms with Crippen molar-refractivity contribution in [2.24, 2.45) is 0 Å². The Labute approximate surface area is 136 Å². The molecule has 21 heavy (non-hydrogen) atoms. The van der Waals surface area contributed by atoms with Crippen LogP contribution in [0.1, 0.15) is 5.56 Å². The summed E-state index contributed by atoms with van der Waals surface area (Å²) in [5.74, 6) is 0.681. The number of aliphatic carboxylic acids is 1. The molecule has 0 aromatic heterocycles. The van der Waals surface area contributed by atoms with Gasteiger partial charge in [0.15, 0.2) is 0 Å². The van der Waals surface area contributed by atoms with Gasteiger partial charge in [0.2, 0.25) is 0 Å². The molecule has 0 bridgehead atoms. The predicted octanol–water partition coefficient (Wildman–Crippen LogP) is 3.38. The van der Waals surface area contributed by atoms with Crippen molar-refractivity contribution in [3.8, 4) is 11.5 Å². The van der Waals surface area contributed by atoms with E-state index in [1.54, 1.807) is 24.3 Å². The van der Waals surface area contributed by atoms with Crippen LogP contribution in [0.2, 0.25) is 0 Å². The lowest BCUT2D eigenvalue weighted by molar-refractivity contribution is -0.136. The maximum atomic E-state index is 10.6. The molecule has 2 aromatic carbocycles. The molecule has 4 nitrogen and oxygen atoms in total. The first-order valence-electron chi connectivity index (χ1n) is 6.45. The fourth-order valence-electron chi connectivity index (χ4n) is 1.73. The fourth-order valence-corrected chi connectivity index (χ4v) is 2.09. The molecule has 110 valence electrons. The lowest BCUT2D eigenvalue weighted by atomic mass is 10.1. The molecule has 0 heterocycles. The highest BCUT2D eigenvalue weighted by Crippen LogP contribution is 2.14. The molecule has 0 atom stereocenters. The summed E-state index contributed by atoms with van der Waals surface area (Å²) in [6, 6.07) is 14.8. The van der Waals surface area contributed by atoms with E-state index in [1.165, 1.54) is 0 Å². The zero-order valence-corrected chi connectivity index (χ0v) is 13.4. The normalized spacial score (nSPS) is 10.1. The molecule has 0 saturated carbocycles. The van der Waals surface area contributed by atoms with Crippen molar-refractivity contribution < 1.29 is 19.4 Å². The summed E-state index contributed by atoms with van der Waals surface area (Å²) in [6.07, 6.45) is 0.0240. The molecule has 0 saturated heterocycles. The van der Waals surface area contributed by atoms with Gasteiger partial charge in [-0.25, -0.2) is 0 Å². The number of hydrogen-bond donors (Lipinski definition) is 1. The van der Waals surface area contributed by atoms with Gasteiger partial charge in [-0.15, -0.1) is 0 Å². The Bertz CT molecular complexity index is 578. The first kappa shape index (κ1) is 15.6. The smallest absolute Gasteiger partial charge is 0.307 e. The summed E-state index contributed by atoms with van der Waals surface area (Å²) in [7, 11) is 0. The molecular weight excluding hydrogens is 383 g/mol. The van der Waals surface area contributed by atoms with Gasteiger partial charge in [-0.3, -0.25) is 4.79 Å². The van der Waals surface area contributed by atoms with E-state index in [1.807, 2.05) is 24.3 Å². The SMILES string of the molecule is O=C(O)Cc1ccc(OCCOc2ccc(I)cc2)cc1. The molecule has 0 unspecified atom stereocenters. The van der Waals surface area contributed by atoms with Gasteiger partial charge in [0.25, 0.3) is 0 Å². The molecule has 5 heteroatoms. The first-order chi connectivity index (χ1) is 10.1. The second-order valence-corrected chi connectivity index (χ2v) is 5.61. The molecule has 0 spiro atoms. The van der Waals surface area contributed by atoms with Gasteiger partial charge < -0.3 is 14.6 Å². The molecule has 0 amide bonds. The van der Waals surface area contributed by atoms with Crippen LogP contribution in [0.25, 0.3) is 0 Å². The van der Waals surface area contributed by atoms with Crippen LogP contribution in [0.4, 0.5) is 0 Å². The Morgan fingerprint density at radius 3 is 1.86 bits per heavy atom. The molecule has 0 aliphatic carbocycles. The van der Waals surface area contributed by atoms with Crippen molar-refractivity contribution in [2.75, 3.05) is 13.2 Å². The molecule has 0 aliphatic heterocycles. The molecule has 2 rings (SSSR count). The van der Waals surface area contributed by atoms with Gasteiger partial charge in [0.05, 0.1) is 6.42 Å². The van der Waals surface area contributed by atoms with E-state index in [-0.39, 0.29) is 6.42 Å². The first-order valence-corrected chi connectivity index (χ1v) is 7.53. The molecule has 0 fully saturated rings. The summed E-state index contributed by atoms with van der Waals surface area (Å²) in [5.41, 5.74) is 0.755. The van der Waals surface area contributed by atoms with Gasteiger partial charge in [-0.05, 0) is 64.6 Å². The summed E-state index contributed by atoms with van der Waals surface area (Å²) in [4.78, 5) is 10.6. The van der Waals surface area contributed by atoms with Crippen LogP contribution in [-0.2, 0) is 11.2 Å². The fraction of sp³-hybridized carbons (Fsp3) is 0.188. The second-order valence-electron chi connectivity index (χ2n) is 4.37. The van der Waals surface area contributed by atoms with E-state index >= 15 is 0 Å². The quantitative estimate of drug-likeness (QED) is 0.574. The van der Waals surface area contributed by atoms with E-state index in [2.05, 4.69) is 22.6 Å². The minimum atomic E-state index is -0.838. The number of ether oxygens (including phenoxy) is 2. The molecule has 2 aromatic rings. The number of hydrogen-bond acceptors (Lipinski definition) is 3. The Morgan fingerprint density at radius 2 is 1.38 bits per heavy atom. The van der Waals surface area contributed by atoms with E-state index in [0.29, 0.717) is 19.0 Å². The van der Waals surface area contributed by atoms with Gasteiger partial charge in [-0.2, -0.15) is 0 Å². The lowest BCUT2D eigenvalue weighted by Gasteiger charge is -2.08. The third-order valence-electron chi connectivity index (χ3n) is 2.71. The van der Waals surface area contributed by atoms with Crippen LogP contribution in [0, 0.1) is 3.57 Å². The van der Waals surface area contributed by atoms with E-state index in [0.717, 1.165) is 14.9 Å². The standard InChI is InChI=1S/C16H15IO4/c17-13-3-7-15(8-4-13)21-10-9-20-14-5-1-12(2-6-14)11-16(18)19/h1-8H,9-11H2,(H,18,19). The van der Waals surface area contributed by atoms with Gasteiger partial charge in [-0.1, -0.05) is 12.1 Å². The zero-order valence-electron chi connectivity index (χ0n) is 11.3. The minimum absolute atomic E-state index is 0.0240. The number of benzene rings is 2. The minimum Gasteiger partial charge on any atom is -0.490 e. The summed E-state index contributed by atoms with van der Waals surface area (Å²) in [6.45, 7) is 0.891. The Kier molecular flexibility index (Phi) is 5.86. The van der Waals surface area contributed by atoms with Crippen molar-refractivity contribution in [2.45, 2.75) is 6.42 Å². The van der Waals surface area contributed by atoms with Crippen LogP contribution in [0.15, 0.2) is 48.5 Å². The predicted molar refractivity (Wildman–Crippen MR) is 87.9 cm³/mol. The Hall–Kier alpha value is -1.76. The zero-order chi connectivity index (χ0) is 15.1. The van der Waals surface area contributed by atoms with Gasteiger partial charge >= 0.3 is 5.97 Å². The summed E-state index contributed by atoms with van der Waals surface area (Å²) >= 11 is 2.24. The van der Waals surface area contributed by atoms with Crippen LogP contribution in [-0.4, -0.2) is 24.3 Å². The highest BCUT2D eigenvalue weighted by atomic mass is 127. The van der Waals surface area contributed by atoms with Crippen molar-refractivity contribution in [3.63, 3.8) is 0 Å². The average molecular weight is 398 g/mol. The third-order valence-corrected chi connectivity index (χ3v) is 3.43. The van der Waals surface area contributed by atoms with Gasteiger partial charge in [0.1, 0.15) is 24.7 Å². The highest BCUT2D eigenvalue weighted by molar-refractivity contribution is 14.1. The average Bonchev–Trinajstić information content (AvgIpc) is 2.46. The van der Waals surface area contributed by atoms with E-state index in [4.69, 9.17) is 14.6 Å². The highest BCUT2D eigenvalue weighted by Gasteiger charge is 2.01. The molecule has 0 radical (unpaired) electrons. The summed E-state index contributed by atoms with van der Waals surface area (Å²) < 4.78 is 12.3. The maximum Gasteiger partial charge on any atom is 0.307 e. The molecular formula is C16H15IO4. The number of carboxylic acid groups (broad SMARTS) is 1. The van der Waals surface area contributed by atoms with Crippen molar-refractivity contribution >= 4 is 28.6 Å². The van der Waals surface area contributed by atoms with Gasteiger partial charge in [0, 0.05) is 3.57 Å². The molecule has 1 N–H and O–H groups in total. The van der Waals surface area contributed by atoms with Crippen LogP contribution in [0.3, 0.4) is 0 Å². The van der Waals surface area contributed by atoms with Crippen LogP contribution < -0.4 is 9.47 Å². The number of halogens is 1. The largest absolute Gasteiger partial charge is 0.490 e. The molecule has 0 aliphatic rings. The maximum absolute atomic E-state index is 10.6. The third kappa shape index (κ3) is 5.63. The lowest BCUT2D eigenvalue weighted by Crippen LogP contribution is -2.09. The van der Waals surface area contributed by atoms with Crippen LogP contribution >= 0.6 is 22.6 Å². The Balaban J connectivity index is 1.73. The number of rotatable bonds is 7. The van der Waals surface area contributed by atoms with Crippen molar-refractivity contribution in [3.05, 3.63) is 57.7 Å².